The van der Waals surface area contributed by atoms with E-state index in [1.165, 1.54) is 0 Å². The Morgan fingerprint density at radius 3 is 2.29 bits per heavy atom. The van der Waals surface area contributed by atoms with Gasteiger partial charge in [0.25, 0.3) is 0 Å². The number of imidazole rings is 1. The van der Waals surface area contributed by atoms with E-state index in [9.17, 15) is 0 Å². The lowest BCUT2D eigenvalue weighted by Gasteiger charge is -2.20. The van der Waals surface area contributed by atoms with E-state index in [1.807, 2.05) is 29.3 Å². The van der Waals surface area contributed by atoms with Crippen molar-refractivity contribution in [3.05, 3.63) is 28.9 Å². The van der Waals surface area contributed by atoms with E-state index >= 15 is 0 Å². The van der Waals surface area contributed by atoms with Gasteiger partial charge in [-0.15, -0.1) is 0 Å². The van der Waals surface area contributed by atoms with Crippen molar-refractivity contribution in [2.75, 3.05) is 0 Å². The van der Waals surface area contributed by atoms with Gasteiger partial charge < -0.3 is 0 Å². The van der Waals surface area contributed by atoms with Crippen LogP contribution in [0.15, 0.2) is 12.5 Å². The second-order valence-corrected chi connectivity index (χ2v) is 5.61. The van der Waals surface area contributed by atoms with Crippen LogP contribution in [0.2, 0.25) is 5.02 Å². The minimum absolute atomic E-state index is 0.0817. The van der Waals surface area contributed by atoms with E-state index < -0.39 is 0 Å². The number of aromatic nitrogens is 4. The fourth-order valence-corrected chi connectivity index (χ4v) is 2.04. The van der Waals surface area contributed by atoms with Crippen LogP contribution in [-0.4, -0.2) is 19.3 Å². The maximum absolute atomic E-state index is 6.33. The highest BCUT2D eigenvalue weighted by atomic mass is 35.5. The summed E-state index contributed by atoms with van der Waals surface area (Å²) in [5, 5.41) is 5.25. The number of rotatable bonds is 1. The molecule has 0 amide bonds. The third-order valence-electron chi connectivity index (χ3n) is 2.62. The molecule has 0 unspecified atom stereocenters. The molecule has 17 heavy (non-hydrogen) atoms. The maximum Gasteiger partial charge on any atom is 0.179 e. The molecule has 0 N–H and O–H groups in total. The summed E-state index contributed by atoms with van der Waals surface area (Å²) >= 11 is 6.33. The van der Waals surface area contributed by atoms with E-state index in [0.717, 1.165) is 17.2 Å². The van der Waals surface area contributed by atoms with Crippen molar-refractivity contribution in [2.24, 2.45) is 0 Å². The van der Waals surface area contributed by atoms with Crippen LogP contribution in [0.3, 0.4) is 0 Å². The Morgan fingerprint density at radius 2 is 1.88 bits per heavy atom. The van der Waals surface area contributed by atoms with Gasteiger partial charge in [-0.3, -0.25) is 9.25 Å². The standard InChI is InChI=1S/C12H17ClN4/c1-8-6-16(7-14-8)11-10(13)9(2)17(15-11)12(3,4)5/h6-7H,1-5H3. The molecule has 0 aliphatic heterocycles. The Labute approximate surface area is 106 Å². The molecule has 0 aliphatic carbocycles. The summed E-state index contributed by atoms with van der Waals surface area (Å²) in [6, 6.07) is 0. The number of halogens is 1. The van der Waals surface area contributed by atoms with Crippen molar-refractivity contribution in [3.8, 4) is 5.82 Å². The van der Waals surface area contributed by atoms with Crippen LogP contribution < -0.4 is 0 Å². The Kier molecular flexibility index (Phi) is 2.78. The molecule has 2 aromatic rings. The Hall–Kier alpha value is -1.29. The second kappa shape index (κ2) is 3.88. The summed E-state index contributed by atoms with van der Waals surface area (Å²) in [7, 11) is 0. The van der Waals surface area contributed by atoms with Crippen LogP contribution in [0.25, 0.3) is 5.82 Å². The van der Waals surface area contributed by atoms with Crippen molar-refractivity contribution < 1.29 is 0 Å². The van der Waals surface area contributed by atoms with Gasteiger partial charge in [-0.1, -0.05) is 11.6 Å². The highest BCUT2D eigenvalue weighted by molar-refractivity contribution is 6.32. The zero-order valence-electron chi connectivity index (χ0n) is 10.8. The molecule has 92 valence electrons. The molecule has 0 aromatic carbocycles. The Morgan fingerprint density at radius 1 is 1.24 bits per heavy atom. The molecule has 2 rings (SSSR count). The van der Waals surface area contributed by atoms with Crippen LogP contribution in [-0.2, 0) is 5.54 Å². The Balaban J connectivity index is 2.58. The van der Waals surface area contributed by atoms with Crippen LogP contribution in [0.1, 0.15) is 32.2 Å². The molecule has 2 heterocycles. The number of aryl methyl sites for hydroxylation is 1. The Bertz CT molecular complexity index is 545. The van der Waals surface area contributed by atoms with Gasteiger partial charge in [0.1, 0.15) is 11.3 Å². The molecular formula is C12H17ClN4. The van der Waals surface area contributed by atoms with E-state index in [4.69, 9.17) is 11.6 Å². The maximum atomic E-state index is 6.33. The lowest BCUT2D eigenvalue weighted by Crippen LogP contribution is -2.24. The summed E-state index contributed by atoms with van der Waals surface area (Å²) in [5.41, 5.74) is 1.84. The van der Waals surface area contributed by atoms with Gasteiger partial charge in [0, 0.05) is 6.20 Å². The van der Waals surface area contributed by atoms with Crippen LogP contribution >= 0.6 is 11.6 Å². The van der Waals surface area contributed by atoms with Crippen molar-refractivity contribution >= 4 is 11.6 Å². The van der Waals surface area contributed by atoms with Crippen molar-refractivity contribution in [1.82, 2.24) is 19.3 Å². The lowest BCUT2D eigenvalue weighted by molar-refractivity contribution is 0.347. The molecular weight excluding hydrogens is 236 g/mol. The zero-order valence-corrected chi connectivity index (χ0v) is 11.6. The van der Waals surface area contributed by atoms with Crippen LogP contribution in [0.4, 0.5) is 0 Å². The van der Waals surface area contributed by atoms with Crippen molar-refractivity contribution in [1.29, 1.82) is 0 Å². The van der Waals surface area contributed by atoms with E-state index in [-0.39, 0.29) is 5.54 Å². The van der Waals surface area contributed by atoms with Gasteiger partial charge in [0.05, 0.1) is 16.9 Å². The third kappa shape index (κ3) is 2.09. The van der Waals surface area contributed by atoms with E-state index in [1.54, 1.807) is 6.33 Å². The molecule has 5 heteroatoms. The van der Waals surface area contributed by atoms with Gasteiger partial charge in [-0.25, -0.2) is 4.98 Å². The minimum atomic E-state index is -0.0817. The summed E-state index contributed by atoms with van der Waals surface area (Å²) in [6.07, 6.45) is 3.65. The molecule has 0 bridgehead atoms. The van der Waals surface area contributed by atoms with Gasteiger partial charge in [-0.2, -0.15) is 5.10 Å². The van der Waals surface area contributed by atoms with E-state index in [0.29, 0.717) is 5.02 Å². The van der Waals surface area contributed by atoms with Gasteiger partial charge >= 0.3 is 0 Å². The molecule has 2 aromatic heterocycles. The number of nitrogens with zero attached hydrogens (tertiary/aromatic N) is 4. The first-order chi connectivity index (χ1) is 7.80. The van der Waals surface area contributed by atoms with Gasteiger partial charge in [0.2, 0.25) is 0 Å². The molecule has 0 saturated heterocycles. The van der Waals surface area contributed by atoms with Crippen LogP contribution in [0.5, 0.6) is 0 Å². The molecule has 0 fully saturated rings. The second-order valence-electron chi connectivity index (χ2n) is 5.23. The average molecular weight is 253 g/mol. The molecule has 0 aliphatic rings. The zero-order chi connectivity index (χ0) is 12.8. The molecule has 0 radical (unpaired) electrons. The third-order valence-corrected chi connectivity index (χ3v) is 3.06. The lowest BCUT2D eigenvalue weighted by atomic mass is 10.1. The predicted molar refractivity (Wildman–Crippen MR) is 68.8 cm³/mol. The molecule has 0 spiro atoms. The fraction of sp³-hybridized carbons (Fsp3) is 0.500. The SMILES string of the molecule is Cc1cn(-c2nn(C(C)(C)C)c(C)c2Cl)cn1. The predicted octanol–water partition coefficient (Wildman–Crippen LogP) is 3.09. The normalized spacial score (nSPS) is 12.1. The van der Waals surface area contributed by atoms with Crippen molar-refractivity contribution in [3.63, 3.8) is 0 Å². The molecule has 0 saturated carbocycles. The highest BCUT2D eigenvalue weighted by Gasteiger charge is 2.22. The minimum Gasteiger partial charge on any atom is -0.287 e. The first-order valence-corrected chi connectivity index (χ1v) is 5.95. The summed E-state index contributed by atoms with van der Waals surface area (Å²) in [5.74, 6) is 0.736. The summed E-state index contributed by atoms with van der Waals surface area (Å²) < 4.78 is 3.80. The molecule has 4 nitrogen and oxygen atoms in total. The topological polar surface area (TPSA) is 35.6 Å². The van der Waals surface area contributed by atoms with E-state index in [2.05, 4.69) is 30.9 Å². The van der Waals surface area contributed by atoms with Gasteiger partial charge in [-0.05, 0) is 34.6 Å². The van der Waals surface area contributed by atoms with Crippen molar-refractivity contribution in [2.45, 2.75) is 40.2 Å². The fourth-order valence-electron chi connectivity index (χ4n) is 1.82. The smallest absolute Gasteiger partial charge is 0.179 e. The highest BCUT2D eigenvalue weighted by Crippen LogP contribution is 2.27. The summed E-state index contributed by atoms with van der Waals surface area (Å²) in [4.78, 5) is 4.19. The molecule has 0 atom stereocenters. The monoisotopic (exact) mass is 252 g/mol. The first kappa shape index (κ1) is 12.2. The number of hydrogen-bond acceptors (Lipinski definition) is 2. The van der Waals surface area contributed by atoms with Gasteiger partial charge in [0.15, 0.2) is 5.82 Å². The number of hydrogen-bond donors (Lipinski definition) is 0. The summed E-state index contributed by atoms with van der Waals surface area (Å²) in [6.45, 7) is 10.2. The average Bonchev–Trinajstić information content (AvgIpc) is 2.73. The van der Waals surface area contributed by atoms with Crippen LogP contribution in [0, 0.1) is 13.8 Å². The quantitative estimate of drug-likeness (QED) is 0.782. The largest absolute Gasteiger partial charge is 0.287 e. The first-order valence-electron chi connectivity index (χ1n) is 5.57.